The van der Waals surface area contributed by atoms with Gasteiger partial charge in [0.15, 0.2) is 8.32 Å². The fraction of sp³-hybridized carbons (Fsp3) is 0.923. The highest BCUT2D eigenvalue weighted by Gasteiger charge is 2.38. The molecule has 0 N–H and O–H groups in total. The van der Waals surface area contributed by atoms with Crippen LogP contribution >= 0.6 is 0 Å². The molecule has 0 aromatic heterocycles. The normalized spacial score (nSPS) is 18.1. The smallest absolute Gasteiger partial charge is 0.192 e. The highest BCUT2D eigenvalue weighted by Crippen LogP contribution is 2.37. The van der Waals surface area contributed by atoms with Gasteiger partial charge in [0.25, 0.3) is 0 Å². The number of hydrogen-bond acceptors (Lipinski definition) is 3. The van der Waals surface area contributed by atoms with E-state index in [1.165, 1.54) is 0 Å². The summed E-state index contributed by atoms with van der Waals surface area (Å²) in [7, 11) is -1.78. The maximum Gasteiger partial charge on any atom is 0.192 e. The van der Waals surface area contributed by atoms with Crippen LogP contribution in [-0.2, 0) is 15.8 Å². The third-order valence-electron chi connectivity index (χ3n) is 3.18. The molecule has 0 rings (SSSR count). The van der Waals surface area contributed by atoms with Crippen molar-refractivity contribution in [2.45, 2.75) is 77.4 Å². The Bertz CT molecular complexity index is 292. The molecule has 0 aliphatic heterocycles. The Balaban J connectivity index is 4.54. The van der Waals surface area contributed by atoms with Gasteiger partial charge in [-0.15, -0.1) is 0 Å². The molecule has 0 aliphatic carbocycles. The zero-order chi connectivity index (χ0) is 14.8. The van der Waals surface area contributed by atoms with Crippen molar-refractivity contribution in [1.29, 1.82) is 0 Å². The van der Waals surface area contributed by atoms with Crippen LogP contribution in [0.15, 0.2) is 4.40 Å². The summed E-state index contributed by atoms with van der Waals surface area (Å²) in [4.78, 5) is 0. The van der Waals surface area contributed by atoms with E-state index in [1.54, 1.807) is 6.21 Å². The van der Waals surface area contributed by atoms with E-state index in [1.807, 2.05) is 27.7 Å². The Labute approximate surface area is 117 Å². The summed E-state index contributed by atoms with van der Waals surface area (Å²) < 4.78 is 21.7. The lowest BCUT2D eigenvalue weighted by atomic mass is 10.2. The van der Waals surface area contributed by atoms with Crippen LogP contribution in [0.5, 0.6) is 0 Å². The Hall–Kier alpha value is 0.157. The SMILES string of the molecule is CC(/C=N/[S@@+]([O-])C(C)(C)C)O[Si](C)(C)C(C)(C)C. The molecule has 0 radical (unpaired) electrons. The van der Waals surface area contributed by atoms with Gasteiger partial charge in [0.2, 0.25) is 0 Å². The fourth-order valence-electron chi connectivity index (χ4n) is 0.971. The second-order valence-electron chi connectivity index (χ2n) is 7.20. The van der Waals surface area contributed by atoms with Gasteiger partial charge in [0, 0.05) is 0 Å². The van der Waals surface area contributed by atoms with Crippen molar-refractivity contribution in [2.24, 2.45) is 4.40 Å². The summed E-state index contributed by atoms with van der Waals surface area (Å²) in [6, 6.07) is 0. The first-order valence-corrected chi connectivity index (χ1v) is 10.4. The number of nitrogens with zero attached hydrogens (tertiary/aromatic N) is 1. The molecular formula is C13H29NO2SSi. The number of hydrogen-bond donors (Lipinski definition) is 0. The summed E-state index contributed by atoms with van der Waals surface area (Å²) in [6.07, 6.45) is 1.60. The summed E-state index contributed by atoms with van der Waals surface area (Å²) in [6.45, 7) is 18.7. The topological polar surface area (TPSA) is 44.7 Å². The van der Waals surface area contributed by atoms with Crippen molar-refractivity contribution in [2.75, 3.05) is 0 Å². The molecule has 0 saturated heterocycles. The van der Waals surface area contributed by atoms with E-state index in [-0.39, 0.29) is 15.9 Å². The van der Waals surface area contributed by atoms with Crippen LogP contribution in [0.25, 0.3) is 0 Å². The lowest BCUT2D eigenvalue weighted by Gasteiger charge is -2.37. The molecule has 0 fully saturated rings. The van der Waals surface area contributed by atoms with E-state index in [4.69, 9.17) is 4.43 Å². The molecule has 0 bridgehead atoms. The van der Waals surface area contributed by atoms with Gasteiger partial charge in [0.1, 0.15) is 16.1 Å². The average molecular weight is 292 g/mol. The van der Waals surface area contributed by atoms with Gasteiger partial charge in [-0.3, -0.25) is 0 Å². The zero-order valence-corrected chi connectivity index (χ0v) is 15.1. The van der Waals surface area contributed by atoms with Crippen molar-refractivity contribution in [3.8, 4) is 0 Å². The lowest BCUT2D eigenvalue weighted by molar-refractivity contribution is 0.263. The first kappa shape index (κ1) is 18.2. The van der Waals surface area contributed by atoms with Crippen molar-refractivity contribution in [3.05, 3.63) is 0 Å². The van der Waals surface area contributed by atoms with Gasteiger partial charge >= 0.3 is 0 Å². The van der Waals surface area contributed by atoms with Crippen LogP contribution in [0, 0.1) is 0 Å². The maximum absolute atomic E-state index is 11.8. The summed E-state index contributed by atoms with van der Waals surface area (Å²) in [5, 5.41) is 0.179. The predicted octanol–water partition coefficient (Wildman–Crippen LogP) is 3.93. The summed E-state index contributed by atoms with van der Waals surface area (Å²) >= 11 is -1.20. The van der Waals surface area contributed by atoms with Crippen molar-refractivity contribution >= 4 is 25.9 Å². The van der Waals surface area contributed by atoms with E-state index in [0.29, 0.717) is 0 Å². The monoisotopic (exact) mass is 291 g/mol. The van der Waals surface area contributed by atoms with Crippen LogP contribution in [-0.4, -0.2) is 29.9 Å². The van der Waals surface area contributed by atoms with Gasteiger partial charge in [-0.05, 0) is 45.8 Å². The van der Waals surface area contributed by atoms with Crippen LogP contribution in [0.1, 0.15) is 48.5 Å². The highest BCUT2D eigenvalue weighted by atomic mass is 32.2. The van der Waals surface area contributed by atoms with Crippen molar-refractivity contribution in [1.82, 2.24) is 0 Å². The van der Waals surface area contributed by atoms with Gasteiger partial charge in [-0.1, -0.05) is 25.2 Å². The van der Waals surface area contributed by atoms with Crippen LogP contribution < -0.4 is 0 Å². The molecule has 18 heavy (non-hydrogen) atoms. The van der Waals surface area contributed by atoms with E-state index in [2.05, 4.69) is 38.3 Å². The summed E-state index contributed by atoms with van der Waals surface area (Å²) in [5.41, 5.74) is 0. The predicted molar refractivity (Wildman–Crippen MR) is 84.1 cm³/mol. The molecule has 0 aromatic rings. The Kier molecular flexibility index (Phi) is 6.13. The van der Waals surface area contributed by atoms with Gasteiger partial charge < -0.3 is 8.98 Å². The molecule has 0 amide bonds. The standard InChI is InChI=1S/C13H29NO2SSi/c1-11(10-14-17(15)12(2,3)4)16-18(8,9)13(5,6)7/h10-11H,1-9H3/b14-10+/t11?,17-/m0/s1. The molecule has 0 spiro atoms. The van der Waals surface area contributed by atoms with E-state index >= 15 is 0 Å². The van der Waals surface area contributed by atoms with Gasteiger partial charge in [-0.25, -0.2) is 0 Å². The molecule has 108 valence electrons. The van der Waals surface area contributed by atoms with Crippen molar-refractivity contribution in [3.63, 3.8) is 0 Å². The van der Waals surface area contributed by atoms with Gasteiger partial charge in [-0.2, -0.15) is 0 Å². The third-order valence-corrected chi connectivity index (χ3v) is 9.11. The zero-order valence-electron chi connectivity index (χ0n) is 13.3. The third kappa shape index (κ3) is 5.86. The average Bonchev–Trinajstić information content (AvgIpc) is 2.09. The molecule has 0 saturated carbocycles. The minimum Gasteiger partial charge on any atom is -0.591 e. The molecule has 2 atom stereocenters. The quantitative estimate of drug-likeness (QED) is 0.447. The lowest BCUT2D eigenvalue weighted by Crippen LogP contribution is -2.43. The van der Waals surface area contributed by atoms with E-state index < -0.39 is 19.7 Å². The largest absolute Gasteiger partial charge is 0.591 e. The minimum atomic E-state index is -1.78. The molecule has 1 unspecified atom stereocenters. The van der Waals surface area contributed by atoms with E-state index in [0.717, 1.165) is 0 Å². The van der Waals surface area contributed by atoms with Gasteiger partial charge in [0.05, 0.1) is 12.3 Å². The molecule has 0 heterocycles. The molecule has 0 aromatic carbocycles. The second-order valence-corrected chi connectivity index (χ2v) is 13.9. The first-order chi connectivity index (χ1) is 7.77. The summed E-state index contributed by atoms with van der Waals surface area (Å²) in [5.74, 6) is 0. The van der Waals surface area contributed by atoms with Crippen LogP contribution in [0.4, 0.5) is 0 Å². The van der Waals surface area contributed by atoms with Crippen LogP contribution in [0.3, 0.4) is 0 Å². The number of rotatable bonds is 4. The second kappa shape index (κ2) is 6.07. The van der Waals surface area contributed by atoms with Crippen molar-refractivity contribution < 1.29 is 8.98 Å². The first-order valence-electron chi connectivity index (χ1n) is 6.41. The Morgan fingerprint density at radius 2 is 1.61 bits per heavy atom. The molecule has 3 nitrogen and oxygen atoms in total. The molecule has 5 heteroatoms. The van der Waals surface area contributed by atoms with E-state index in [9.17, 15) is 4.55 Å². The molecule has 0 aliphatic rings. The minimum absolute atomic E-state index is 0.0859. The van der Waals surface area contributed by atoms with Crippen LogP contribution in [0.2, 0.25) is 18.1 Å². The fourth-order valence-corrected chi connectivity index (χ4v) is 2.91. The Morgan fingerprint density at radius 1 is 1.17 bits per heavy atom. The highest BCUT2D eigenvalue weighted by molar-refractivity contribution is 7.91. The molecular weight excluding hydrogens is 262 g/mol. The Morgan fingerprint density at radius 3 is 1.94 bits per heavy atom. The maximum atomic E-state index is 11.8.